The molecule has 0 radical (unpaired) electrons. The fraction of sp³-hybridized carbons (Fsp3) is 0.357. The summed E-state index contributed by atoms with van der Waals surface area (Å²) in [5.74, 6) is 0.888. The Kier molecular flexibility index (Phi) is 5.30. The van der Waals surface area contributed by atoms with Crippen molar-refractivity contribution in [1.29, 1.82) is 0 Å². The first-order chi connectivity index (χ1) is 10.0. The minimum absolute atomic E-state index is 0.00345. The van der Waals surface area contributed by atoms with Crippen molar-refractivity contribution >= 4 is 15.9 Å². The predicted octanol–water partition coefficient (Wildman–Crippen LogP) is 3.65. The second-order valence-corrected chi connectivity index (χ2v) is 5.47. The molecule has 4 nitrogen and oxygen atoms in total. The van der Waals surface area contributed by atoms with Crippen LogP contribution >= 0.6 is 15.9 Å². The first kappa shape index (κ1) is 15.9. The molecule has 0 atom stereocenters. The lowest BCUT2D eigenvalue weighted by Gasteiger charge is -2.15. The molecule has 0 aliphatic rings. The van der Waals surface area contributed by atoms with Gasteiger partial charge < -0.3 is 10.1 Å². The van der Waals surface area contributed by atoms with Crippen LogP contribution in [0.5, 0.6) is 5.75 Å². The Morgan fingerprint density at radius 2 is 2.19 bits per heavy atom. The van der Waals surface area contributed by atoms with Gasteiger partial charge in [-0.15, -0.1) is 0 Å². The molecule has 1 aromatic carbocycles. The summed E-state index contributed by atoms with van der Waals surface area (Å²) in [6, 6.07) is 3.87. The quantitative estimate of drug-likeness (QED) is 0.855. The van der Waals surface area contributed by atoms with Gasteiger partial charge in [-0.3, -0.25) is 4.57 Å². The summed E-state index contributed by atoms with van der Waals surface area (Å²) >= 11 is 3.44. The Labute approximate surface area is 130 Å². The highest BCUT2D eigenvalue weighted by molar-refractivity contribution is 9.10. The largest absolute Gasteiger partial charge is 0.485 e. The second-order valence-electron chi connectivity index (χ2n) is 4.56. The highest BCUT2D eigenvalue weighted by atomic mass is 79.9. The van der Waals surface area contributed by atoms with Crippen molar-refractivity contribution in [3.63, 3.8) is 0 Å². The van der Waals surface area contributed by atoms with E-state index in [0.29, 0.717) is 12.3 Å². The van der Waals surface area contributed by atoms with Crippen LogP contribution in [-0.4, -0.2) is 16.6 Å². The number of ether oxygens (including phenoxy) is 1. The number of aromatic nitrogens is 2. The molecule has 1 N–H and O–H groups in total. The summed E-state index contributed by atoms with van der Waals surface area (Å²) in [6.45, 7) is -0.0808. The van der Waals surface area contributed by atoms with E-state index in [1.807, 2.05) is 26.1 Å². The molecule has 1 heterocycles. The Morgan fingerprint density at radius 1 is 1.43 bits per heavy atom. The number of halogens is 3. The Morgan fingerprint density at radius 3 is 2.86 bits per heavy atom. The lowest BCUT2D eigenvalue weighted by molar-refractivity contribution is 0.0632. The number of nitrogens with zero attached hydrogens (tertiary/aromatic N) is 2. The summed E-state index contributed by atoms with van der Waals surface area (Å²) in [4.78, 5) is 3.91. The molecule has 1 aromatic heterocycles. The van der Waals surface area contributed by atoms with Crippen molar-refractivity contribution in [1.82, 2.24) is 14.9 Å². The predicted molar refractivity (Wildman–Crippen MR) is 79.5 cm³/mol. The van der Waals surface area contributed by atoms with Crippen molar-refractivity contribution < 1.29 is 13.5 Å². The minimum Gasteiger partial charge on any atom is -0.485 e. The van der Waals surface area contributed by atoms with E-state index in [2.05, 4.69) is 26.2 Å². The smallest absolute Gasteiger partial charge is 0.320 e. The topological polar surface area (TPSA) is 39.1 Å². The SMILES string of the molecule is CNCc1cc(Br)cc(C)c1OCc1nccn1C(F)F. The number of rotatable bonds is 6. The zero-order valence-corrected chi connectivity index (χ0v) is 13.3. The number of alkyl halides is 2. The van der Waals surface area contributed by atoms with Gasteiger partial charge in [0.25, 0.3) is 0 Å². The molecule has 0 amide bonds. The van der Waals surface area contributed by atoms with Crippen molar-refractivity contribution in [3.05, 3.63) is 46.0 Å². The van der Waals surface area contributed by atoms with Gasteiger partial charge in [0.15, 0.2) is 5.82 Å². The molecule has 0 unspecified atom stereocenters. The van der Waals surface area contributed by atoms with Crippen LogP contribution in [0.2, 0.25) is 0 Å². The van der Waals surface area contributed by atoms with Crippen LogP contribution in [0.25, 0.3) is 0 Å². The van der Waals surface area contributed by atoms with E-state index in [-0.39, 0.29) is 12.4 Å². The number of hydrogen-bond acceptors (Lipinski definition) is 3. The van der Waals surface area contributed by atoms with E-state index in [1.54, 1.807) is 0 Å². The standard InChI is InChI=1S/C14H16BrF2N3O/c1-9-5-11(15)6-10(7-18-2)13(9)21-8-12-19-3-4-20(12)14(16)17/h3-6,14,18H,7-8H2,1-2H3. The fourth-order valence-corrected chi connectivity index (χ4v) is 2.72. The normalized spacial score (nSPS) is 11.1. The van der Waals surface area contributed by atoms with Crippen LogP contribution in [-0.2, 0) is 13.2 Å². The average Bonchev–Trinajstić information content (AvgIpc) is 2.86. The maximum atomic E-state index is 12.8. The lowest BCUT2D eigenvalue weighted by atomic mass is 10.1. The molecule has 2 aromatic rings. The number of aryl methyl sites for hydroxylation is 1. The van der Waals surface area contributed by atoms with Crippen molar-refractivity contribution in [2.45, 2.75) is 26.6 Å². The second kappa shape index (κ2) is 7.00. The molecule has 21 heavy (non-hydrogen) atoms. The Hall–Kier alpha value is -1.47. The highest BCUT2D eigenvalue weighted by Crippen LogP contribution is 2.29. The van der Waals surface area contributed by atoms with E-state index >= 15 is 0 Å². The molecule has 0 aliphatic carbocycles. The molecular weight excluding hydrogens is 344 g/mol. The van der Waals surface area contributed by atoms with Crippen LogP contribution in [0.4, 0.5) is 8.78 Å². The first-order valence-corrected chi connectivity index (χ1v) is 7.18. The third kappa shape index (κ3) is 3.79. The summed E-state index contributed by atoms with van der Waals surface area (Å²) in [7, 11) is 1.84. The molecule has 0 saturated carbocycles. The van der Waals surface area contributed by atoms with Crippen molar-refractivity contribution in [3.8, 4) is 5.75 Å². The van der Waals surface area contributed by atoms with Gasteiger partial charge in [-0.1, -0.05) is 15.9 Å². The fourth-order valence-electron chi connectivity index (χ4n) is 2.10. The monoisotopic (exact) mass is 359 g/mol. The number of hydrogen-bond donors (Lipinski definition) is 1. The zero-order chi connectivity index (χ0) is 15.4. The zero-order valence-electron chi connectivity index (χ0n) is 11.7. The Bertz CT molecular complexity index is 616. The molecule has 0 saturated heterocycles. The molecular formula is C14H16BrF2N3O. The first-order valence-electron chi connectivity index (χ1n) is 6.39. The molecule has 0 spiro atoms. The number of benzene rings is 1. The van der Waals surface area contributed by atoms with Crippen LogP contribution in [0.1, 0.15) is 23.5 Å². The average molecular weight is 360 g/mol. The third-order valence-corrected chi connectivity index (χ3v) is 3.45. The number of imidazole rings is 1. The van der Waals surface area contributed by atoms with Crippen LogP contribution in [0.3, 0.4) is 0 Å². The molecule has 2 rings (SSSR count). The van der Waals surface area contributed by atoms with Gasteiger partial charge in [0.05, 0.1) is 0 Å². The molecule has 7 heteroatoms. The van der Waals surface area contributed by atoms with Gasteiger partial charge in [0, 0.05) is 29.0 Å². The molecule has 0 fully saturated rings. The van der Waals surface area contributed by atoms with Gasteiger partial charge >= 0.3 is 6.55 Å². The maximum absolute atomic E-state index is 12.8. The van der Waals surface area contributed by atoms with Gasteiger partial charge in [-0.25, -0.2) is 4.98 Å². The van der Waals surface area contributed by atoms with Gasteiger partial charge in [0.1, 0.15) is 12.4 Å². The number of nitrogens with one attached hydrogen (secondary N) is 1. The van der Waals surface area contributed by atoms with Crippen molar-refractivity contribution in [2.24, 2.45) is 0 Å². The highest BCUT2D eigenvalue weighted by Gasteiger charge is 2.14. The van der Waals surface area contributed by atoms with Gasteiger partial charge in [-0.05, 0) is 31.7 Å². The maximum Gasteiger partial charge on any atom is 0.320 e. The van der Waals surface area contributed by atoms with E-state index in [0.717, 1.165) is 20.2 Å². The van der Waals surface area contributed by atoms with Crippen LogP contribution in [0.15, 0.2) is 29.0 Å². The summed E-state index contributed by atoms with van der Waals surface area (Å²) < 4.78 is 33.0. The Balaban J connectivity index is 2.21. The third-order valence-electron chi connectivity index (χ3n) is 2.99. The molecule has 0 aliphatic heterocycles. The molecule has 114 valence electrons. The van der Waals surface area contributed by atoms with Gasteiger partial charge in [-0.2, -0.15) is 8.78 Å². The van der Waals surface area contributed by atoms with E-state index < -0.39 is 6.55 Å². The van der Waals surface area contributed by atoms with E-state index in [4.69, 9.17) is 4.74 Å². The van der Waals surface area contributed by atoms with Crippen LogP contribution in [0, 0.1) is 6.92 Å². The summed E-state index contributed by atoms with van der Waals surface area (Å²) in [5, 5.41) is 3.06. The van der Waals surface area contributed by atoms with Crippen LogP contribution < -0.4 is 10.1 Å². The minimum atomic E-state index is -2.62. The summed E-state index contributed by atoms with van der Waals surface area (Å²) in [5.41, 5.74) is 1.89. The van der Waals surface area contributed by atoms with E-state index in [1.165, 1.54) is 12.4 Å². The van der Waals surface area contributed by atoms with Crippen molar-refractivity contribution in [2.75, 3.05) is 7.05 Å². The summed E-state index contributed by atoms with van der Waals surface area (Å²) in [6.07, 6.45) is 2.58. The lowest BCUT2D eigenvalue weighted by Crippen LogP contribution is -2.11. The molecule has 0 bridgehead atoms. The van der Waals surface area contributed by atoms with E-state index in [9.17, 15) is 8.78 Å². The van der Waals surface area contributed by atoms with Gasteiger partial charge in [0.2, 0.25) is 0 Å².